The van der Waals surface area contributed by atoms with Gasteiger partial charge in [0.25, 0.3) is 0 Å². The van der Waals surface area contributed by atoms with E-state index >= 15 is 0 Å². The van der Waals surface area contributed by atoms with Crippen LogP contribution in [0.25, 0.3) is 6.08 Å². The maximum Gasteiger partial charge on any atom is -0.0196 e. The van der Waals surface area contributed by atoms with E-state index in [9.17, 15) is 0 Å². The van der Waals surface area contributed by atoms with E-state index < -0.39 is 0 Å². The van der Waals surface area contributed by atoms with Crippen molar-refractivity contribution in [3.8, 4) is 0 Å². The highest BCUT2D eigenvalue weighted by Crippen LogP contribution is 2.26. The van der Waals surface area contributed by atoms with E-state index in [1.54, 1.807) is 11.1 Å². The van der Waals surface area contributed by atoms with Gasteiger partial charge in [-0.05, 0) is 60.8 Å². The number of aryl methyl sites for hydroxylation is 2. The van der Waals surface area contributed by atoms with Gasteiger partial charge >= 0.3 is 0 Å². The minimum absolute atomic E-state index is 1.21. The molecule has 1 aromatic rings. The summed E-state index contributed by atoms with van der Waals surface area (Å²) in [6, 6.07) is 4.81. The summed E-state index contributed by atoms with van der Waals surface area (Å²) >= 11 is 0. The van der Waals surface area contributed by atoms with Gasteiger partial charge in [0, 0.05) is 0 Å². The molecule has 0 saturated carbocycles. The molecule has 0 saturated heterocycles. The number of rotatable bonds is 13. The predicted molar refractivity (Wildman–Crippen MR) is 106 cm³/mol. The molecule has 0 aliphatic heterocycles. The highest BCUT2D eigenvalue weighted by molar-refractivity contribution is 5.59. The monoisotopic (exact) mass is 314 g/mol. The van der Waals surface area contributed by atoms with Crippen LogP contribution >= 0.6 is 0 Å². The van der Waals surface area contributed by atoms with Crippen LogP contribution in [0, 0.1) is 0 Å². The minimum atomic E-state index is 1.21. The summed E-state index contributed by atoms with van der Waals surface area (Å²) in [7, 11) is 0. The summed E-state index contributed by atoms with van der Waals surface area (Å²) in [5, 5.41) is 0. The minimum Gasteiger partial charge on any atom is -0.0984 e. The van der Waals surface area contributed by atoms with Gasteiger partial charge in [-0.15, -0.1) is 0 Å². The molecule has 0 aliphatic rings. The molecule has 1 aromatic carbocycles. The summed E-state index contributed by atoms with van der Waals surface area (Å²) in [4.78, 5) is 0. The quantitative estimate of drug-likeness (QED) is 0.330. The van der Waals surface area contributed by atoms with Crippen molar-refractivity contribution in [3.05, 3.63) is 41.0 Å². The molecular formula is C23H38. The van der Waals surface area contributed by atoms with Crippen molar-refractivity contribution in [1.82, 2.24) is 0 Å². The summed E-state index contributed by atoms with van der Waals surface area (Å²) in [5.74, 6) is 0. The van der Waals surface area contributed by atoms with Crippen LogP contribution in [0.4, 0.5) is 0 Å². The molecule has 0 atom stereocenters. The third-order valence-corrected chi connectivity index (χ3v) is 4.88. The molecule has 130 valence electrons. The number of benzene rings is 1. The van der Waals surface area contributed by atoms with Gasteiger partial charge in [0.1, 0.15) is 0 Å². The molecule has 1 rings (SSSR count). The zero-order chi connectivity index (χ0) is 16.9. The Balaban J connectivity index is 2.96. The Morgan fingerprint density at radius 3 is 1.70 bits per heavy atom. The maximum absolute atomic E-state index is 4.15. The third-order valence-electron chi connectivity index (χ3n) is 4.88. The van der Waals surface area contributed by atoms with Crippen LogP contribution in [-0.2, 0) is 19.3 Å². The molecule has 0 fully saturated rings. The van der Waals surface area contributed by atoms with Gasteiger partial charge in [0.15, 0.2) is 0 Å². The zero-order valence-electron chi connectivity index (χ0n) is 15.9. The molecule has 0 nitrogen and oxygen atoms in total. The molecule has 0 bridgehead atoms. The maximum atomic E-state index is 4.15. The van der Waals surface area contributed by atoms with Crippen molar-refractivity contribution in [2.75, 3.05) is 0 Å². The van der Waals surface area contributed by atoms with Crippen molar-refractivity contribution in [2.45, 2.75) is 97.8 Å². The van der Waals surface area contributed by atoms with Crippen LogP contribution in [0.15, 0.2) is 18.7 Å². The lowest BCUT2D eigenvalue weighted by atomic mass is 9.88. The molecule has 0 aromatic heterocycles. The van der Waals surface area contributed by atoms with Crippen molar-refractivity contribution >= 4 is 6.08 Å². The second-order valence-corrected chi connectivity index (χ2v) is 6.85. The fourth-order valence-corrected chi connectivity index (χ4v) is 3.44. The van der Waals surface area contributed by atoms with Gasteiger partial charge < -0.3 is 0 Å². The normalized spacial score (nSPS) is 10.9. The van der Waals surface area contributed by atoms with Gasteiger partial charge in [-0.25, -0.2) is 0 Å². The second-order valence-electron chi connectivity index (χ2n) is 6.85. The van der Waals surface area contributed by atoms with Gasteiger partial charge in [-0.2, -0.15) is 0 Å². The lowest BCUT2D eigenvalue weighted by Gasteiger charge is -2.17. The van der Waals surface area contributed by atoms with Crippen molar-refractivity contribution < 1.29 is 0 Å². The standard InChI is InChI=1S/C23H38/c1-5-9-12-15-20-18-19-21(16-13-10-6-2)23(22(20)8-4)17-14-11-7-3/h8,18-19H,4-7,9-17H2,1-3H3. The van der Waals surface area contributed by atoms with E-state index in [0.717, 1.165) is 0 Å². The number of hydrogen-bond donors (Lipinski definition) is 0. The lowest BCUT2D eigenvalue weighted by Crippen LogP contribution is -2.03. The van der Waals surface area contributed by atoms with Crippen LogP contribution < -0.4 is 0 Å². The van der Waals surface area contributed by atoms with Crippen molar-refractivity contribution in [1.29, 1.82) is 0 Å². The smallest absolute Gasteiger partial charge is 0.0196 e. The lowest BCUT2D eigenvalue weighted by molar-refractivity contribution is 0.688. The molecule has 0 heterocycles. The molecule has 0 unspecified atom stereocenters. The van der Waals surface area contributed by atoms with Gasteiger partial charge in [-0.1, -0.05) is 84.1 Å². The first-order valence-corrected chi connectivity index (χ1v) is 10.0. The first kappa shape index (κ1) is 20.0. The van der Waals surface area contributed by atoms with Gasteiger partial charge in [0.2, 0.25) is 0 Å². The number of unbranched alkanes of at least 4 members (excludes halogenated alkanes) is 6. The van der Waals surface area contributed by atoms with Crippen LogP contribution in [0.5, 0.6) is 0 Å². The molecule has 0 radical (unpaired) electrons. The van der Waals surface area contributed by atoms with E-state index in [1.807, 2.05) is 0 Å². The van der Waals surface area contributed by atoms with Crippen molar-refractivity contribution in [3.63, 3.8) is 0 Å². The SMILES string of the molecule is C=Cc1c(CCCCC)ccc(CCCCC)c1CCCCC. The summed E-state index contributed by atoms with van der Waals surface area (Å²) in [6.07, 6.45) is 17.7. The summed E-state index contributed by atoms with van der Waals surface area (Å²) in [6.45, 7) is 11.0. The molecular weight excluding hydrogens is 276 g/mol. The highest BCUT2D eigenvalue weighted by atomic mass is 14.2. The molecule has 0 N–H and O–H groups in total. The molecule has 0 heteroatoms. The molecule has 0 spiro atoms. The Kier molecular flexibility index (Phi) is 10.8. The van der Waals surface area contributed by atoms with Gasteiger partial charge in [-0.3, -0.25) is 0 Å². The Bertz CT molecular complexity index is 442. The Morgan fingerprint density at radius 1 is 0.696 bits per heavy atom. The highest BCUT2D eigenvalue weighted by Gasteiger charge is 2.11. The van der Waals surface area contributed by atoms with E-state index in [2.05, 4.69) is 45.6 Å². The van der Waals surface area contributed by atoms with E-state index in [4.69, 9.17) is 0 Å². The average Bonchev–Trinajstić information content (AvgIpc) is 2.57. The summed E-state index contributed by atoms with van der Waals surface area (Å²) < 4.78 is 0. The topological polar surface area (TPSA) is 0 Å². The predicted octanol–water partition coefficient (Wildman–Crippen LogP) is 7.53. The summed E-state index contributed by atoms with van der Waals surface area (Å²) in [5.41, 5.74) is 6.19. The number of hydrogen-bond acceptors (Lipinski definition) is 0. The van der Waals surface area contributed by atoms with Crippen LogP contribution in [-0.4, -0.2) is 0 Å². The van der Waals surface area contributed by atoms with Crippen LogP contribution in [0.1, 0.15) is 101 Å². The fourth-order valence-electron chi connectivity index (χ4n) is 3.44. The van der Waals surface area contributed by atoms with E-state index in [1.165, 1.54) is 88.2 Å². The first-order chi connectivity index (χ1) is 11.3. The Morgan fingerprint density at radius 2 is 1.17 bits per heavy atom. The van der Waals surface area contributed by atoms with Gasteiger partial charge in [0.05, 0.1) is 0 Å². The first-order valence-electron chi connectivity index (χ1n) is 10.0. The largest absolute Gasteiger partial charge is 0.0984 e. The molecule has 23 heavy (non-hydrogen) atoms. The van der Waals surface area contributed by atoms with E-state index in [0.29, 0.717) is 0 Å². The van der Waals surface area contributed by atoms with Crippen LogP contribution in [0.3, 0.4) is 0 Å². The fraction of sp³-hybridized carbons (Fsp3) is 0.652. The second kappa shape index (κ2) is 12.4. The van der Waals surface area contributed by atoms with Crippen molar-refractivity contribution in [2.24, 2.45) is 0 Å². The average molecular weight is 315 g/mol. The van der Waals surface area contributed by atoms with Crippen LogP contribution in [0.2, 0.25) is 0 Å². The third kappa shape index (κ3) is 6.94. The Labute approximate surface area is 145 Å². The molecule has 0 aliphatic carbocycles. The molecule has 0 amide bonds. The zero-order valence-corrected chi connectivity index (χ0v) is 15.9. The Hall–Kier alpha value is -1.04. The van der Waals surface area contributed by atoms with E-state index in [-0.39, 0.29) is 0 Å².